The lowest BCUT2D eigenvalue weighted by atomic mass is 9.94. The number of hydrogen-bond acceptors (Lipinski definition) is 3. The number of aryl methyl sites for hydroxylation is 3. The van der Waals surface area contributed by atoms with Crippen LogP contribution in [0.4, 0.5) is 5.69 Å². The first-order valence-corrected chi connectivity index (χ1v) is 15.1. The second kappa shape index (κ2) is 11.2. The Balaban J connectivity index is 1.37. The SMILES string of the molecule is CCc1ccc2c(c1)N(CC)C(=CC=C1C=C(C=Cc3sc4ccc(CC)cc4[n+]3CC)CCC1)S2. The average molecular weight is 514 g/mol. The molecule has 0 N–H and O–H groups in total. The van der Waals surface area contributed by atoms with Crippen LogP contribution in [0.15, 0.2) is 81.8 Å². The normalized spacial score (nSPS) is 18.1. The van der Waals surface area contributed by atoms with E-state index < -0.39 is 0 Å². The molecule has 36 heavy (non-hydrogen) atoms. The number of rotatable bonds is 7. The van der Waals surface area contributed by atoms with Gasteiger partial charge in [0.2, 0.25) is 5.52 Å². The Morgan fingerprint density at radius 2 is 1.72 bits per heavy atom. The Kier molecular flexibility index (Phi) is 7.83. The molecule has 2 aromatic carbocycles. The molecule has 2 aliphatic rings. The lowest BCUT2D eigenvalue weighted by Crippen LogP contribution is -2.33. The highest BCUT2D eigenvalue weighted by atomic mass is 32.2. The highest BCUT2D eigenvalue weighted by Gasteiger charge is 2.23. The molecule has 0 amide bonds. The molecule has 1 aliphatic carbocycles. The Morgan fingerprint density at radius 3 is 2.50 bits per heavy atom. The Bertz CT molecular complexity index is 1390. The van der Waals surface area contributed by atoms with Crippen LogP contribution in [0.1, 0.15) is 63.1 Å². The smallest absolute Gasteiger partial charge is 0.262 e. The van der Waals surface area contributed by atoms with Gasteiger partial charge in [-0.15, -0.1) is 0 Å². The monoisotopic (exact) mass is 513 g/mol. The highest BCUT2D eigenvalue weighted by molar-refractivity contribution is 8.03. The van der Waals surface area contributed by atoms with Crippen LogP contribution >= 0.6 is 23.1 Å². The fourth-order valence-corrected chi connectivity index (χ4v) is 7.35. The summed E-state index contributed by atoms with van der Waals surface area (Å²) >= 11 is 3.80. The van der Waals surface area contributed by atoms with Gasteiger partial charge in [-0.3, -0.25) is 0 Å². The summed E-state index contributed by atoms with van der Waals surface area (Å²) in [6.45, 7) is 11.0. The first-order valence-electron chi connectivity index (χ1n) is 13.5. The number of benzene rings is 2. The second-order valence-corrected chi connectivity index (χ2v) is 11.6. The molecule has 0 atom stereocenters. The largest absolute Gasteiger partial charge is 0.335 e. The number of nitrogens with zero attached hydrogens (tertiary/aromatic N) is 2. The van der Waals surface area contributed by atoms with Crippen molar-refractivity contribution in [1.29, 1.82) is 0 Å². The number of anilines is 1. The zero-order chi connectivity index (χ0) is 25.1. The highest BCUT2D eigenvalue weighted by Crippen LogP contribution is 2.46. The molecule has 2 heterocycles. The molecule has 0 fully saturated rings. The van der Waals surface area contributed by atoms with Gasteiger partial charge in [0.25, 0.3) is 5.01 Å². The van der Waals surface area contributed by atoms with Gasteiger partial charge < -0.3 is 4.90 Å². The van der Waals surface area contributed by atoms with Crippen LogP contribution in [0.25, 0.3) is 16.3 Å². The zero-order valence-corrected chi connectivity index (χ0v) is 23.6. The topological polar surface area (TPSA) is 7.12 Å². The molecule has 186 valence electrons. The van der Waals surface area contributed by atoms with Crippen LogP contribution in [0.2, 0.25) is 0 Å². The van der Waals surface area contributed by atoms with E-state index in [9.17, 15) is 0 Å². The van der Waals surface area contributed by atoms with E-state index in [1.54, 1.807) is 0 Å². The fraction of sp³-hybridized carbons (Fsp3) is 0.344. The van der Waals surface area contributed by atoms with Crippen LogP contribution in [0, 0.1) is 0 Å². The van der Waals surface area contributed by atoms with E-state index in [1.807, 2.05) is 23.1 Å². The molecule has 2 nitrogen and oxygen atoms in total. The maximum atomic E-state index is 2.46. The summed E-state index contributed by atoms with van der Waals surface area (Å²) in [5.74, 6) is 0. The van der Waals surface area contributed by atoms with Gasteiger partial charge in [0.1, 0.15) is 11.2 Å². The van der Waals surface area contributed by atoms with E-state index in [1.165, 1.54) is 59.5 Å². The summed E-state index contributed by atoms with van der Waals surface area (Å²) in [4.78, 5) is 3.83. The Labute approximate surface area is 224 Å². The van der Waals surface area contributed by atoms with E-state index >= 15 is 0 Å². The quantitative estimate of drug-likeness (QED) is 0.291. The maximum Gasteiger partial charge on any atom is 0.262 e. The molecule has 0 saturated carbocycles. The van der Waals surface area contributed by atoms with Crippen LogP contribution in [-0.2, 0) is 19.4 Å². The molecule has 0 saturated heterocycles. The van der Waals surface area contributed by atoms with Gasteiger partial charge in [0, 0.05) is 23.6 Å². The van der Waals surface area contributed by atoms with Gasteiger partial charge in [-0.2, -0.15) is 4.57 Å². The molecule has 4 heteroatoms. The van der Waals surface area contributed by atoms with Gasteiger partial charge >= 0.3 is 0 Å². The second-order valence-electron chi connectivity index (χ2n) is 9.49. The van der Waals surface area contributed by atoms with E-state index in [0.29, 0.717) is 0 Å². The predicted molar refractivity (Wildman–Crippen MR) is 159 cm³/mol. The maximum absolute atomic E-state index is 2.46. The number of thioether (sulfide) groups is 1. The van der Waals surface area contributed by atoms with Crippen LogP contribution in [0.5, 0.6) is 0 Å². The summed E-state index contributed by atoms with van der Waals surface area (Å²) in [6, 6.07) is 13.8. The molecule has 3 aromatic rings. The molecule has 0 unspecified atom stereocenters. The third kappa shape index (κ3) is 5.12. The number of allylic oxidation sites excluding steroid dienone is 6. The third-order valence-corrected chi connectivity index (χ3v) is 9.48. The number of hydrogen-bond donors (Lipinski definition) is 0. The van der Waals surface area contributed by atoms with Crippen LogP contribution in [0.3, 0.4) is 0 Å². The van der Waals surface area contributed by atoms with Gasteiger partial charge in [0.05, 0.1) is 10.7 Å². The Hall–Kier alpha value is -2.56. The molecule has 0 radical (unpaired) electrons. The van der Waals surface area contributed by atoms with Gasteiger partial charge in [-0.1, -0.05) is 67.3 Å². The minimum atomic E-state index is 0.998. The fourth-order valence-electron chi connectivity index (χ4n) is 5.13. The van der Waals surface area contributed by atoms with E-state index in [-0.39, 0.29) is 0 Å². The van der Waals surface area contributed by atoms with Crippen molar-refractivity contribution in [3.63, 3.8) is 0 Å². The van der Waals surface area contributed by atoms with Crippen molar-refractivity contribution in [2.24, 2.45) is 0 Å². The molecule has 5 rings (SSSR count). The standard InChI is InChI=1S/C32H37N2S2/c1-5-23-12-16-29-27(21-23)33(7-3)31(35-29)18-14-25-10-9-11-26(20-25)15-19-32-34(8-4)28-22-24(6-2)13-17-30(28)36-32/h12-22H,5-11H2,1-4H3/q+1. The summed E-state index contributed by atoms with van der Waals surface area (Å²) in [6.07, 6.45) is 17.5. The average Bonchev–Trinajstić information content (AvgIpc) is 3.46. The number of fused-ring (bicyclic) bond motifs is 2. The Morgan fingerprint density at radius 1 is 0.917 bits per heavy atom. The van der Waals surface area contributed by atoms with E-state index in [0.717, 1.165) is 38.8 Å². The van der Waals surface area contributed by atoms with Crippen LogP contribution < -0.4 is 9.47 Å². The minimum Gasteiger partial charge on any atom is -0.335 e. The minimum absolute atomic E-state index is 0.998. The first kappa shape index (κ1) is 25.1. The van der Waals surface area contributed by atoms with Gasteiger partial charge in [0.15, 0.2) is 0 Å². The molecule has 1 aliphatic heterocycles. The summed E-state index contributed by atoms with van der Waals surface area (Å²) in [7, 11) is 0. The molecule has 0 bridgehead atoms. The van der Waals surface area contributed by atoms with Crippen LogP contribution in [-0.4, -0.2) is 6.54 Å². The number of thiazole rings is 1. The molecular formula is C32H37N2S2+. The summed E-state index contributed by atoms with van der Waals surface area (Å²) < 4.78 is 3.83. The van der Waals surface area contributed by atoms with Crippen molar-refractivity contribution in [3.8, 4) is 0 Å². The molecule has 1 aromatic heterocycles. The van der Waals surface area contributed by atoms with E-state index in [2.05, 4.69) is 104 Å². The third-order valence-electron chi connectivity index (χ3n) is 7.22. The first-order chi connectivity index (χ1) is 17.6. The van der Waals surface area contributed by atoms with Crippen molar-refractivity contribution in [2.75, 3.05) is 11.4 Å². The lowest BCUT2D eigenvalue weighted by molar-refractivity contribution is -0.665. The number of aromatic nitrogens is 1. The van der Waals surface area contributed by atoms with Crippen molar-refractivity contribution in [3.05, 3.63) is 93.0 Å². The van der Waals surface area contributed by atoms with E-state index in [4.69, 9.17) is 0 Å². The van der Waals surface area contributed by atoms with Crippen molar-refractivity contribution < 1.29 is 4.57 Å². The van der Waals surface area contributed by atoms with Crippen molar-refractivity contribution >= 4 is 45.1 Å². The summed E-state index contributed by atoms with van der Waals surface area (Å²) in [5.41, 5.74) is 8.42. The van der Waals surface area contributed by atoms with Crippen molar-refractivity contribution in [2.45, 2.75) is 71.2 Å². The van der Waals surface area contributed by atoms with Gasteiger partial charge in [-0.25, -0.2) is 0 Å². The zero-order valence-electron chi connectivity index (χ0n) is 22.0. The van der Waals surface area contributed by atoms with Gasteiger partial charge in [-0.05, 0) is 92.5 Å². The lowest BCUT2D eigenvalue weighted by Gasteiger charge is -2.18. The molecule has 0 spiro atoms. The van der Waals surface area contributed by atoms with Crippen molar-refractivity contribution in [1.82, 2.24) is 0 Å². The predicted octanol–water partition coefficient (Wildman–Crippen LogP) is 8.86. The molecular weight excluding hydrogens is 477 g/mol. The summed E-state index contributed by atoms with van der Waals surface area (Å²) in [5, 5.41) is 2.68.